The van der Waals surface area contributed by atoms with E-state index in [1.54, 1.807) is 0 Å². The van der Waals surface area contributed by atoms with Crippen molar-refractivity contribution >= 4 is 5.69 Å². The van der Waals surface area contributed by atoms with E-state index in [9.17, 15) is 0 Å². The van der Waals surface area contributed by atoms with Gasteiger partial charge >= 0.3 is 0 Å². The standard InChI is InChI=1S/C18H26N4O/c1-18(2,3)23-21-10-8-17(9-11-21)22-13-15(12-20-22)14-4-6-16(19)7-5-14/h4-7,12-13,17H,8-11,19H2,1-3H3. The van der Waals surface area contributed by atoms with Crippen LogP contribution in [0.2, 0.25) is 0 Å². The lowest BCUT2D eigenvalue weighted by atomic mass is 10.1. The normalized spacial score (nSPS) is 17.5. The van der Waals surface area contributed by atoms with Crippen LogP contribution in [-0.2, 0) is 4.84 Å². The van der Waals surface area contributed by atoms with Crippen LogP contribution in [-0.4, -0.2) is 33.5 Å². The zero-order valence-electron chi connectivity index (χ0n) is 14.2. The monoisotopic (exact) mass is 314 g/mol. The molecule has 1 aliphatic rings. The first-order valence-corrected chi connectivity index (χ1v) is 8.25. The van der Waals surface area contributed by atoms with Crippen molar-refractivity contribution in [1.29, 1.82) is 0 Å². The topological polar surface area (TPSA) is 56.3 Å². The Morgan fingerprint density at radius 2 is 1.74 bits per heavy atom. The van der Waals surface area contributed by atoms with Crippen LogP contribution in [0.15, 0.2) is 36.7 Å². The second-order valence-corrected chi connectivity index (χ2v) is 7.19. The molecule has 3 rings (SSSR count). The Balaban J connectivity index is 1.62. The number of benzene rings is 1. The molecular weight excluding hydrogens is 288 g/mol. The smallest absolute Gasteiger partial charge is 0.0815 e. The molecule has 2 aromatic rings. The van der Waals surface area contributed by atoms with E-state index in [4.69, 9.17) is 10.6 Å². The van der Waals surface area contributed by atoms with Crippen LogP contribution >= 0.6 is 0 Å². The average Bonchev–Trinajstić information content (AvgIpc) is 2.97. The Kier molecular flexibility index (Phi) is 4.41. The van der Waals surface area contributed by atoms with Crippen molar-refractivity contribution in [3.05, 3.63) is 36.7 Å². The van der Waals surface area contributed by atoms with Crippen molar-refractivity contribution in [2.75, 3.05) is 18.8 Å². The first-order chi connectivity index (χ1) is 10.9. The number of rotatable bonds is 3. The van der Waals surface area contributed by atoms with Gasteiger partial charge in [-0.05, 0) is 51.3 Å². The van der Waals surface area contributed by atoms with Gasteiger partial charge in [-0.3, -0.25) is 9.52 Å². The molecule has 1 aromatic carbocycles. The van der Waals surface area contributed by atoms with Gasteiger partial charge in [-0.2, -0.15) is 10.2 Å². The molecule has 0 aliphatic carbocycles. The minimum Gasteiger partial charge on any atom is -0.399 e. The number of anilines is 1. The summed E-state index contributed by atoms with van der Waals surface area (Å²) in [5.41, 5.74) is 8.70. The van der Waals surface area contributed by atoms with E-state index >= 15 is 0 Å². The van der Waals surface area contributed by atoms with Gasteiger partial charge in [-0.15, -0.1) is 0 Å². The number of aromatic nitrogens is 2. The van der Waals surface area contributed by atoms with Crippen LogP contribution in [0.1, 0.15) is 39.7 Å². The summed E-state index contributed by atoms with van der Waals surface area (Å²) in [6.07, 6.45) is 6.18. The van der Waals surface area contributed by atoms with Crippen molar-refractivity contribution in [3.63, 3.8) is 0 Å². The quantitative estimate of drug-likeness (QED) is 0.881. The van der Waals surface area contributed by atoms with Gasteiger partial charge in [0.1, 0.15) is 0 Å². The Bertz CT molecular complexity index is 634. The van der Waals surface area contributed by atoms with Gasteiger partial charge in [0.25, 0.3) is 0 Å². The van der Waals surface area contributed by atoms with Crippen molar-refractivity contribution in [2.24, 2.45) is 0 Å². The molecule has 5 heteroatoms. The number of nitrogens with zero attached hydrogens (tertiary/aromatic N) is 3. The van der Waals surface area contributed by atoms with Gasteiger partial charge in [-0.1, -0.05) is 12.1 Å². The summed E-state index contributed by atoms with van der Waals surface area (Å²) in [6, 6.07) is 8.37. The van der Waals surface area contributed by atoms with Crippen molar-refractivity contribution in [2.45, 2.75) is 45.3 Å². The zero-order valence-corrected chi connectivity index (χ0v) is 14.2. The number of hydrogen-bond acceptors (Lipinski definition) is 4. The Morgan fingerprint density at radius 1 is 1.09 bits per heavy atom. The van der Waals surface area contributed by atoms with Crippen molar-refractivity contribution in [3.8, 4) is 11.1 Å². The van der Waals surface area contributed by atoms with E-state index in [1.807, 2.05) is 30.5 Å². The van der Waals surface area contributed by atoms with Crippen molar-refractivity contribution < 1.29 is 4.84 Å². The summed E-state index contributed by atoms with van der Waals surface area (Å²) in [4.78, 5) is 5.94. The molecule has 1 aliphatic heterocycles. The Hall–Kier alpha value is -1.85. The van der Waals surface area contributed by atoms with Gasteiger partial charge in [0.05, 0.1) is 17.8 Å². The lowest BCUT2D eigenvalue weighted by molar-refractivity contribution is -0.238. The molecule has 5 nitrogen and oxygen atoms in total. The number of piperidine rings is 1. The third-order valence-corrected chi connectivity index (χ3v) is 4.05. The predicted molar refractivity (Wildman–Crippen MR) is 92.8 cm³/mol. The molecule has 0 atom stereocenters. The number of hydrogen-bond donors (Lipinski definition) is 1. The van der Waals surface area contributed by atoms with E-state index in [0.717, 1.165) is 42.7 Å². The fraction of sp³-hybridized carbons (Fsp3) is 0.500. The van der Waals surface area contributed by atoms with Gasteiger partial charge in [0.15, 0.2) is 0 Å². The highest BCUT2D eigenvalue weighted by atomic mass is 16.7. The number of nitrogens with two attached hydrogens (primary N) is 1. The van der Waals surface area contributed by atoms with Gasteiger partial charge in [0, 0.05) is 30.5 Å². The molecule has 0 saturated carbocycles. The van der Waals surface area contributed by atoms with Gasteiger partial charge < -0.3 is 5.73 Å². The first-order valence-electron chi connectivity index (χ1n) is 8.25. The molecule has 1 saturated heterocycles. The Labute approximate surface area is 138 Å². The van der Waals surface area contributed by atoms with E-state index in [2.05, 4.69) is 41.8 Å². The Morgan fingerprint density at radius 3 is 2.35 bits per heavy atom. The van der Waals surface area contributed by atoms with E-state index < -0.39 is 0 Å². The third-order valence-electron chi connectivity index (χ3n) is 4.05. The predicted octanol–water partition coefficient (Wildman–Crippen LogP) is 3.50. The summed E-state index contributed by atoms with van der Waals surface area (Å²) in [6.45, 7) is 8.15. The molecule has 0 radical (unpaired) electrons. The van der Waals surface area contributed by atoms with Gasteiger partial charge in [-0.25, -0.2) is 0 Å². The molecule has 2 N–H and O–H groups in total. The van der Waals surface area contributed by atoms with Crippen LogP contribution in [0.3, 0.4) is 0 Å². The molecule has 1 fully saturated rings. The molecular formula is C18H26N4O. The highest BCUT2D eigenvalue weighted by Crippen LogP contribution is 2.27. The molecule has 23 heavy (non-hydrogen) atoms. The van der Waals surface area contributed by atoms with E-state index in [0.29, 0.717) is 6.04 Å². The average molecular weight is 314 g/mol. The molecule has 0 amide bonds. The fourth-order valence-corrected chi connectivity index (χ4v) is 2.95. The fourth-order valence-electron chi connectivity index (χ4n) is 2.95. The molecule has 124 valence electrons. The zero-order chi connectivity index (χ0) is 16.4. The molecule has 0 bridgehead atoms. The van der Waals surface area contributed by atoms with E-state index in [1.165, 1.54) is 0 Å². The molecule has 1 aromatic heterocycles. The number of hydroxylamine groups is 2. The van der Waals surface area contributed by atoms with Crippen molar-refractivity contribution in [1.82, 2.24) is 14.8 Å². The van der Waals surface area contributed by atoms with Crippen LogP contribution < -0.4 is 5.73 Å². The highest BCUT2D eigenvalue weighted by Gasteiger charge is 2.25. The summed E-state index contributed by atoms with van der Waals surface area (Å²) in [5, 5.41) is 6.65. The second kappa shape index (κ2) is 6.34. The third kappa shape index (κ3) is 4.12. The summed E-state index contributed by atoms with van der Waals surface area (Å²) < 4.78 is 2.10. The lowest BCUT2D eigenvalue weighted by Gasteiger charge is -2.35. The first kappa shape index (κ1) is 16.0. The molecule has 0 spiro atoms. The van der Waals surface area contributed by atoms with Crippen LogP contribution in [0, 0.1) is 0 Å². The maximum Gasteiger partial charge on any atom is 0.0815 e. The maximum atomic E-state index is 5.94. The second-order valence-electron chi connectivity index (χ2n) is 7.19. The van der Waals surface area contributed by atoms with Crippen LogP contribution in [0.25, 0.3) is 11.1 Å². The molecule has 0 unspecified atom stereocenters. The van der Waals surface area contributed by atoms with Crippen LogP contribution in [0.4, 0.5) is 5.69 Å². The summed E-state index contributed by atoms with van der Waals surface area (Å²) in [5.74, 6) is 0. The molecule has 2 heterocycles. The SMILES string of the molecule is CC(C)(C)ON1CCC(n2cc(-c3ccc(N)cc3)cn2)CC1. The minimum absolute atomic E-state index is 0.124. The largest absolute Gasteiger partial charge is 0.399 e. The van der Waals surface area contributed by atoms with Crippen LogP contribution in [0.5, 0.6) is 0 Å². The summed E-state index contributed by atoms with van der Waals surface area (Å²) >= 11 is 0. The lowest BCUT2D eigenvalue weighted by Crippen LogP contribution is -2.40. The minimum atomic E-state index is -0.124. The maximum absolute atomic E-state index is 5.94. The summed E-state index contributed by atoms with van der Waals surface area (Å²) in [7, 11) is 0. The highest BCUT2D eigenvalue weighted by molar-refractivity contribution is 5.63. The number of nitrogen functional groups attached to an aromatic ring is 1. The van der Waals surface area contributed by atoms with Gasteiger partial charge in [0.2, 0.25) is 0 Å². The van der Waals surface area contributed by atoms with E-state index in [-0.39, 0.29) is 5.60 Å².